The van der Waals surface area contributed by atoms with Crippen molar-refractivity contribution in [1.29, 1.82) is 0 Å². The van der Waals surface area contributed by atoms with Gasteiger partial charge in [0.15, 0.2) is 5.78 Å². The fourth-order valence-corrected chi connectivity index (χ4v) is 1.66. The Kier molecular flexibility index (Phi) is 5.97. The molecular formula is C11H22O2. The molecule has 0 aromatic heterocycles. The van der Waals surface area contributed by atoms with Crippen LogP contribution in [0.5, 0.6) is 0 Å². The van der Waals surface area contributed by atoms with E-state index in [1.54, 1.807) is 0 Å². The standard InChI is InChI=1S/C11H22O2/c1-5-9-10(12)11(6-2,7-3)13-8-4/h5-9H2,1-4H3. The van der Waals surface area contributed by atoms with Crippen molar-refractivity contribution in [3.63, 3.8) is 0 Å². The van der Waals surface area contributed by atoms with Crippen LogP contribution in [0, 0.1) is 0 Å². The van der Waals surface area contributed by atoms with Crippen molar-refractivity contribution >= 4 is 5.78 Å². The Morgan fingerprint density at radius 3 is 2.00 bits per heavy atom. The van der Waals surface area contributed by atoms with Gasteiger partial charge in [-0.1, -0.05) is 20.8 Å². The highest BCUT2D eigenvalue weighted by molar-refractivity contribution is 5.87. The monoisotopic (exact) mass is 186 g/mol. The van der Waals surface area contributed by atoms with Crippen LogP contribution < -0.4 is 0 Å². The van der Waals surface area contributed by atoms with Crippen molar-refractivity contribution in [2.45, 2.75) is 59.0 Å². The van der Waals surface area contributed by atoms with E-state index in [9.17, 15) is 4.79 Å². The number of hydrogen-bond donors (Lipinski definition) is 0. The zero-order chi connectivity index (χ0) is 10.3. The normalized spacial score (nSPS) is 11.7. The summed E-state index contributed by atoms with van der Waals surface area (Å²) in [6.45, 7) is 8.63. The maximum atomic E-state index is 11.8. The predicted molar refractivity (Wildman–Crippen MR) is 54.9 cm³/mol. The molecule has 0 N–H and O–H groups in total. The molecule has 2 nitrogen and oxygen atoms in total. The SMILES string of the molecule is CCCC(=O)C(CC)(CC)OCC. The molecule has 0 aromatic carbocycles. The van der Waals surface area contributed by atoms with Crippen LogP contribution in [0.1, 0.15) is 53.4 Å². The van der Waals surface area contributed by atoms with Crippen molar-refractivity contribution in [2.24, 2.45) is 0 Å². The maximum Gasteiger partial charge on any atom is 0.164 e. The first-order valence-corrected chi connectivity index (χ1v) is 5.34. The van der Waals surface area contributed by atoms with E-state index in [-0.39, 0.29) is 5.78 Å². The Morgan fingerprint density at radius 1 is 1.15 bits per heavy atom. The predicted octanol–water partition coefficient (Wildman–Crippen LogP) is 2.95. The summed E-state index contributed by atoms with van der Waals surface area (Å²) in [5, 5.41) is 0. The van der Waals surface area contributed by atoms with Crippen LogP contribution in [0.3, 0.4) is 0 Å². The smallest absolute Gasteiger partial charge is 0.164 e. The lowest BCUT2D eigenvalue weighted by Crippen LogP contribution is -2.40. The van der Waals surface area contributed by atoms with Crippen molar-refractivity contribution in [2.75, 3.05) is 6.61 Å². The third kappa shape index (κ3) is 3.11. The summed E-state index contributed by atoms with van der Waals surface area (Å²) >= 11 is 0. The Balaban J connectivity index is 4.43. The summed E-state index contributed by atoms with van der Waals surface area (Å²) in [7, 11) is 0. The highest BCUT2D eigenvalue weighted by Gasteiger charge is 2.33. The molecule has 2 heteroatoms. The van der Waals surface area contributed by atoms with E-state index < -0.39 is 5.60 Å². The maximum absolute atomic E-state index is 11.8. The Labute approximate surface area is 81.7 Å². The van der Waals surface area contributed by atoms with E-state index in [2.05, 4.69) is 0 Å². The van der Waals surface area contributed by atoms with Gasteiger partial charge in [0.25, 0.3) is 0 Å². The van der Waals surface area contributed by atoms with E-state index in [1.807, 2.05) is 27.7 Å². The number of carbonyl (C=O) groups excluding carboxylic acids is 1. The summed E-state index contributed by atoms with van der Waals surface area (Å²) in [5.41, 5.74) is -0.495. The van der Waals surface area contributed by atoms with E-state index in [4.69, 9.17) is 4.74 Å². The summed E-state index contributed by atoms with van der Waals surface area (Å²) in [5.74, 6) is 0.266. The number of carbonyl (C=O) groups is 1. The van der Waals surface area contributed by atoms with Crippen LogP contribution in [-0.4, -0.2) is 18.0 Å². The molecule has 0 aromatic rings. The molecule has 0 rings (SSSR count). The van der Waals surface area contributed by atoms with Crippen LogP contribution in [0.15, 0.2) is 0 Å². The van der Waals surface area contributed by atoms with E-state index in [1.165, 1.54) is 0 Å². The molecule has 0 aliphatic heterocycles. The van der Waals surface area contributed by atoms with Gasteiger partial charge in [-0.25, -0.2) is 0 Å². The number of rotatable bonds is 7. The van der Waals surface area contributed by atoms with Crippen LogP contribution in [-0.2, 0) is 9.53 Å². The van der Waals surface area contributed by atoms with Crippen LogP contribution in [0.2, 0.25) is 0 Å². The molecule has 0 radical (unpaired) electrons. The summed E-state index contributed by atoms with van der Waals surface area (Å²) in [4.78, 5) is 11.8. The average molecular weight is 186 g/mol. The molecule has 78 valence electrons. The van der Waals surface area contributed by atoms with Gasteiger partial charge in [-0.15, -0.1) is 0 Å². The fraction of sp³-hybridized carbons (Fsp3) is 0.909. The van der Waals surface area contributed by atoms with Gasteiger partial charge in [-0.05, 0) is 26.2 Å². The van der Waals surface area contributed by atoms with Crippen molar-refractivity contribution in [3.8, 4) is 0 Å². The van der Waals surface area contributed by atoms with Gasteiger partial charge in [-0.2, -0.15) is 0 Å². The first-order valence-electron chi connectivity index (χ1n) is 5.34. The zero-order valence-corrected chi connectivity index (χ0v) is 9.35. The molecule has 0 saturated heterocycles. The molecule has 0 bridgehead atoms. The molecule has 0 saturated carbocycles. The van der Waals surface area contributed by atoms with Crippen molar-refractivity contribution in [3.05, 3.63) is 0 Å². The van der Waals surface area contributed by atoms with Gasteiger partial charge < -0.3 is 4.74 Å². The van der Waals surface area contributed by atoms with Crippen molar-refractivity contribution < 1.29 is 9.53 Å². The van der Waals surface area contributed by atoms with Crippen LogP contribution in [0.4, 0.5) is 0 Å². The quantitative estimate of drug-likeness (QED) is 0.611. The van der Waals surface area contributed by atoms with Crippen LogP contribution >= 0.6 is 0 Å². The number of ketones is 1. The number of Topliss-reactive ketones (excluding diaryl/α,β-unsaturated/α-hetero) is 1. The summed E-state index contributed by atoms with van der Waals surface area (Å²) < 4.78 is 5.59. The van der Waals surface area contributed by atoms with E-state index >= 15 is 0 Å². The first kappa shape index (κ1) is 12.6. The minimum Gasteiger partial charge on any atom is -0.368 e. The van der Waals surface area contributed by atoms with Gasteiger partial charge in [-0.3, -0.25) is 4.79 Å². The number of hydrogen-bond acceptors (Lipinski definition) is 2. The average Bonchev–Trinajstić information content (AvgIpc) is 2.14. The molecule has 0 aliphatic rings. The lowest BCUT2D eigenvalue weighted by Gasteiger charge is -2.29. The van der Waals surface area contributed by atoms with Gasteiger partial charge in [0, 0.05) is 13.0 Å². The summed E-state index contributed by atoms with van der Waals surface area (Å²) in [6.07, 6.45) is 3.13. The second kappa shape index (κ2) is 6.14. The minimum atomic E-state index is -0.495. The first-order chi connectivity index (χ1) is 6.16. The van der Waals surface area contributed by atoms with E-state index in [0.717, 1.165) is 19.3 Å². The van der Waals surface area contributed by atoms with Gasteiger partial charge >= 0.3 is 0 Å². The third-order valence-electron chi connectivity index (χ3n) is 2.55. The molecule has 0 atom stereocenters. The van der Waals surface area contributed by atoms with Gasteiger partial charge in [0.05, 0.1) is 0 Å². The van der Waals surface area contributed by atoms with Crippen molar-refractivity contribution in [1.82, 2.24) is 0 Å². The molecule has 0 heterocycles. The number of ether oxygens (including phenoxy) is 1. The summed E-state index contributed by atoms with van der Waals surface area (Å²) in [6, 6.07) is 0. The topological polar surface area (TPSA) is 26.3 Å². The van der Waals surface area contributed by atoms with E-state index in [0.29, 0.717) is 13.0 Å². The lowest BCUT2D eigenvalue weighted by molar-refractivity contribution is -0.145. The third-order valence-corrected chi connectivity index (χ3v) is 2.55. The second-order valence-electron chi connectivity index (χ2n) is 3.31. The Hall–Kier alpha value is -0.370. The van der Waals surface area contributed by atoms with Crippen LogP contribution in [0.25, 0.3) is 0 Å². The Bertz CT molecular complexity index is 148. The molecule has 0 unspecified atom stereocenters. The minimum absolute atomic E-state index is 0.266. The Morgan fingerprint density at radius 2 is 1.69 bits per heavy atom. The molecule has 0 spiro atoms. The highest BCUT2D eigenvalue weighted by Crippen LogP contribution is 2.23. The molecular weight excluding hydrogens is 164 g/mol. The highest BCUT2D eigenvalue weighted by atomic mass is 16.5. The molecule has 0 amide bonds. The second-order valence-corrected chi connectivity index (χ2v) is 3.31. The largest absolute Gasteiger partial charge is 0.368 e. The molecule has 0 aliphatic carbocycles. The van der Waals surface area contributed by atoms with Gasteiger partial charge in [0.1, 0.15) is 5.60 Å². The van der Waals surface area contributed by atoms with Gasteiger partial charge in [0.2, 0.25) is 0 Å². The molecule has 13 heavy (non-hydrogen) atoms. The fourth-order valence-electron chi connectivity index (χ4n) is 1.66. The zero-order valence-electron chi connectivity index (χ0n) is 9.35. The lowest BCUT2D eigenvalue weighted by atomic mass is 9.89. The molecule has 0 fully saturated rings.